The van der Waals surface area contributed by atoms with Crippen LogP contribution in [0.25, 0.3) is 0 Å². The molecule has 0 aliphatic heterocycles. The molecule has 0 aromatic heterocycles. The molecule has 9 heavy (non-hydrogen) atoms. The fraction of sp³-hybridized carbons (Fsp3) is 0.500. The molecule has 0 radical (unpaired) electrons. The second kappa shape index (κ2) is 5.64. The van der Waals surface area contributed by atoms with E-state index >= 15 is 0 Å². The molecule has 0 atom stereocenters. The molecule has 0 aliphatic rings. The van der Waals surface area contributed by atoms with Crippen molar-refractivity contribution < 1.29 is 9.53 Å². The van der Waals surface area contributed by atoms with Crippen molar-refractivity contribution in [3.8, 4) is 12.3 Å². The van der Waals surface area contributed by atoms with Crippen LogP contribution >= 0.6 is 15.9 Å². The highest BCUT2D eigenvalue weighted by molar-refractivity contribution is 9.09. The van der Waals surface area contributed by atoms with Gasteiger partial charge in [0.05, 0.1) is 6.42 Å². The van der Waals surface area contributed by atoms with Crippen LogP contribution < -0.4 is 0 Å². The van der Waals surface area contributed by atoms with E-state index in [0.29, 0.717) is 11.8 Å². The standard InChI is InChI=1S/C6H7BrO2/c1-2-5-9-6(8)3-4-7/h1H,3-5H2. The maximum absolute atomic E-state index is 10.5. The lowest BCUT2D eigenvalue weighted by molar-refractivity contribution is -0.141. The molecule has 0 heterocycles. The first-order valence-corrected chi connectivity index (χ1v) is 3.58. The zero-order valence-corrected chi connectivity index (χ0v) is 6.48. The van der Waals surface area contributed by atoms with E-state index in [4.69, 9.17) is 6.42 Å². The van der Waals surface area contributed by atoms with Crippen LogP contribution in [0.4, 0.5) is 0 Å². The number of carbonyl (C=O) groups is 1. The van der Waals surface area contributed by atoms with Gasteiger partial charge >= 0.3 is 5.97 Å². The Morgan fingerprint density at radius 1 is 1.78 bits per heavy atom. The number of terminal acetylenes is 1. The molecule has 50 valence electrons. The van der Waals surface area contributed by atoms with Crippen molar-refractivity contribution in [3.05, 3.63) is 0 Å². The monoisotopic (exact) mass is 190 g/mol. The quantitative estimate of drug-likeness (QED) is 0.377. The summed E-state index contributed by atoms with van der Waals surface area (Å²) in [6.45, 7) is 0.0752. The minimum atomic E-state index is -0.259. The number of ether oxygens (including phenoxy) is 1. The largest absolute Gasteiger partial charge is 0.452 e. The van der Waals surface area contributed by atoms with Gasteiger partial charge in [-0.25, -0.2) is 0 Å². The van der Waals surface area contributed by atoms with Gasteiger partial charge < -0.3 is 4.74 Å². The molecule has 0 aliphatic carbocycles. The Hall–Kier alpha value is -0.490. The minimum absolute atomic E-state index is 0.0752. The molecule has 0 rings (SSSR count). The number of esters is 1. The Kier molecular flexibility index (Phi) is 5.34. The smallest absolute Gasteiger partial charge is 0.307 e. The van der Waals surface area contributed by atoms with Crippen LogP contribution in [0, 0.1) is 12.3 Å². The van der Waals surface area contributed by atoms with Crippen molar-refractivity contribution >= 4 is 21.9 Å². The van der Waals surface area contributed by atoms with Gasteiger partial charge in [0, 0.05) is 5.33 Å². The fourth-order valence-electron chi connectivity index (χ4n) is 0.271. The van der Waals surface area contributed by atoms with Crippen molar-refractivity contribution in [3.63, 3.8) is 0 Å². The van der Waals surface area contributed by atoms with Crippen LogP contribution in [0.1, 0.15) is 6.42 Å². The van der Waals surface area contributed by atoms with Crippen LogP contribution in [-0.4, -0.2) is 17.9 Å². The average molecular weight is 191 g/mol. The van der Waals surface area contributed by atoms with E-state index in [-0.39, 0.29) is 12.6 Å². The lowest BCUT2D eigenvalue weighted by Gasteiger charge is -1.95. The first-order valence-electron chi connectivity index (χ1n) is 2.46. The highest BCUT2D eigenvalue weighted by Crippen LogP contribution is 1.89. The Morgan fingerprint density at radius 2 is 2.44 bits per heavy atom. The summed E-state index contributed by atoms with van der Waals surface area (Å²) in [7, 11) is 0. The zero-order valence-electron chi connectivity index (χ0n) is 4.89. The molecule has 0 unspecified atom stereocenters. The minimum Gasteiger partial charge on any atom is -0.452 e. The van der Waals surface area contributed by atoms with E-state index < -0.39 is 0 Å². The second-order valence-electron chi connectivity index (χ2n) is 1.30. The normalized spacial score (nSPS) is 8.00. The van der Waals surface area contributed by atoms with Gasteiger partial charge in [-0.1, -0.05) is 21.9 Å². The summed E-state index contributed by atoms with van der Waals surface area (Å²) in [6, 6.07) is 0. The van der Waals surface area contributed by atoms with E-state index in [1.165, 1.54) is 0 Å². The van der Waals surface area contributed by atoms with Crippen molar-refractivity contribution in [2.24, 2.45) is 0 Å². The Balaban J connectivity index is 3.19. The highest BCUT2D eigenvalue weighted by Gasteiger charge is 1.97. The van der Waals surface area contributed by atoms with Crippen LogP contribution in [0.2, 0.25) is 0 Å². The van der Waals surface area contributed by atoms with Gasteiger partial charge in [0.1, 0.15) is 0 Å². The topological polar surface area (TPSA) is 26.3 Å². The van der Waals surface area contributed by atoms with Gasteiger partial charge in [-0.3, -0.25) is 4.79 Å². The highest BCUT2D eigenvalue weighted by atomic mass is 79.9. The lowest BCUT2D eigenvalue weighted by Crippen LogP contribution is -2.04. The number of rotatable bonds is 3. The summed E-state index contributed by atoms with van der Waals surface area (Å²) in [4.78, 5) is 10.5. The first-order chi connectivity index (χ1) is 4.31. The summed E-state index contributed by atoms with van der Waals surface area (Å²) in [6.07, 6.45) is 5.21. The van der Waals surface area contributed by atoms with Gasteiger partial charge in [0.15, 0.2) is 6.61 Å². The van der Waals surface area contributed by atoms with E-state index in [1.54, 1.807) is 0 Å². The van der Waals surface area contributed by atoms with Gasteiger partial charge in [-0.15, -0.1) is 6.42 Å². The third-order valence-corrected chi connectivity index (χ3v) is 1.01. The Labute approximate surface area is 62.7 Å². The molecule has 3 heteroatoms. The average Bonchev–Trinajstić information content (AvgIpc) is 1.85. The molecule has 0 fully saturated rings. The van der Waals surface area contributed by atoms with Crippen molar-refractivity contribution in [1.29, 1.82) is 0 Å². The molecule has 0 aromatic rings. The van der Waals surface area contributed by atoms with Gasteiger partial charge in [0.25, 0.3) is 0 Å². The summed E-state index contributed by atoms with van der Waals surface area (Å²) in [5.74, 6) is 1.94. The maximum atomic E-state index is 10.5. The first kappa shape index (κ1) is 8.51. The molecular weight excluding hydrogens is 184 g/mol. The summed E-state index contributed by atoms with van der Waals surface area (Å²) < 4.78 is 4.53. The molecule has 0 spiro atoms. The molecule has 2 nitrogen and oxygen atoms in total. The SMILES string of the molecule is C#CCOC(=O)CCBr. The third-order valence-electron chi connectivity index (χ3n) is 0.615. The molecule has 0 N–H and O–H groups in total. The lowest BCUT2D eigenvalue weighted by atomic mass is 10.5. The van der Waals surface area contributed by atoms with Crippen molar-refractivity contribution in [1.82, 2.24) is 0 Å². The summed E-state index contributed by atoms with van der Waals surface area (Å²) in [5, 5.41) is 0.621. The van der Waals surface area contributed by atoms with Gasteiger partial charge in [-0.05, 0) is 0 Å². The Morgan fingerprint density at radius 3 is 2.89 bits per heavy atom. The zero-order chi connectivity index (χ0) is 7.11. The van der Waals surface area contributed by atoms with E-state index in [9.17, 15) is 4.79 Å². The Bertz CT molecular complexity index is 126. The third kappa shape index (κ3) is 5.38. The second-order valence-corrected chi connectivity index (χ2v) is 2.10. The van der Waals surface area contributed by atoms with Crippen LogP contribution in [-0.2, 0) is 9.53 Å². The maximum Gasteiger partial charge on any atom is 0.307 e. The molecule has 0 bridgehead atoms. The molecule has 0 saturated carbocycles. The summed E-state index contributed by atoms with van der Waals surface area (Å²) >= 11 is 3.09. The molecule has 0 saturated heterocycles. The fourth-order valence-corrected chi connectivity index (χ4v) is 0.595. The van der Waals surface area contributed by atoms with Crippen LogP contribution in [0.5, 0.6) is 0 Å². The molecule has 0 aromatic carbocycles. The molecular formula is C6H7BrO2. The van der Waals surface area contributed by atoms with Gasteiger partial charge in [0.2, 0.25) is 0 Å². The number of halogens is 1. The van der Waals surface area contributed by atoms with E-state index in [2.05, 4.69) is 26.6 Å². The predicted molar refractivity (Wildman–Crippen MR) is 38.2 cm³/mol. The number of alkyl halides is 1. The van der Waals surface area contributed by atoms with Gasteiger partial charge in [-0.2, -0.15) is 0 Å². The van der Waals surface area contributed by atoms with Crippen LogP contribution in [0.3, 0.4) is 0 Å². The van der Waals surface area contributed by atoms with E-state index in [1.807, 2.05) is 0 Å². The number of carbonyl (C=O) groups excluding carboxylic acids is 1. The van der Waals surface area contributed by atoms with Crippen LogP contribution in [0.15, 0.2) is 0 Å². The summed E-state index contributed by atoms with van der Waals surface area (Å²) in [5.41, 5.74) is 0. The number of hydrogen-bond acceptors (Lipinski definition) is 2. The predicted octanol–water partition coefficient (Wildman–Crippen LogP) is 0.948. The van der Waals surface area contributed by atoms with E-state index in [0.717, 1.165) is 0 Å². The van der Waals surface area contributed by atoms with Crippen molar-refractivity contribution in [2.75, 3.05) is 11.9 Å². The molecule has 0 amide bonds. The number of hydrogen-bond donors (Lipinski definition) is 0. The van der Waals surface area contributed by atoms with Crippen molar-refractivity contribution in [2.45, 2.75) is 6.42 Å².